The molecule has 136 valence electrons. The molecule has 0 saturated carbocycles. The zero-order chi connectivity index (χ0) is 18.4. The normalized spacial score (nSPS) is 15.8. The van der Waals surface area contributed by atoms with Gasteiger partial charge in [-0.25, -0.2) is 4.98 Å². The zero-order valence-electron chi connectivity index (χ0n) is 14.7. The molecule has 0 aliphatic heterocycles. The van der Waals surface area contributed by atoms with Crippen LogP contribution in [0.15, 0.2) is 41.8 Å². The van der Waals surface area contributed by atoms with Gasteiger partial charge in [-0.3, -0.25) is 9.59 Å². The maximum absolute atomic E-state index is 12.2. The smallest absolute Gasteiger partial charge is 0.306 e. The largest absolute Gasteiger partial charge is 0.459 e. The molecule has 1 aliphatic carbocycles. The molecule has 0 radical (unpaired) electrons. The first-order valence-corrected chi connectivity index (χ1v) is 9.59. The average Bonchev–Trinajstić information content (AvgIpc) is 3.27. The van der Waals surface area contributed by atoms with E-state index >= 15 is 0 Å². The number of nitrogens with zero attached hydrogens (tertiary/aromatic N) is 1. The fourth-order valence-corrected chi connectivity index (χ4v) is 3.61. The third-order valence-electron chi connectivity index (χ3n) is 4.25. The van der Waals surface area contributed by atoms with E-state index in [-0.39, 0.29) is 24.9 Å². The van der Waals surface area contributed by atoms with E-state index in [4.69, 9.17) is 4.74 Å². The maximum Gasteiger partial charge on any atom is 0.306 e. The molecule has 0 bridgehead atoms. The summed E-state index contributed by atoms with van der Waals surface area (Å²) in [4.78, 5) is 28.4. The number of carbonyl (C=O) groups excluding carboxylic acids is 2. The van der Waals surface area contributed by atoms with Crippen LogP contribution in [0.3, 0.4) is 0 Å². The van der Waals surface area contributed by atoms with E-state index < -0.39 is 0 Å². The minimum atomic E-state index is -0.201. The van der Waals surface area contributed by atoms with Crippen molar-refractivity contribution in [3.05, 3.63) is 58.1 Å². The first-order chi connectivity index (χ1) is 12.6. The number of esters is 1. The van der Waals surface area contributed by atoms with Gasteiger partial charge in [-0.2, -0.15) is 0 Å². The van der Waals surface area contributed by atoms with Crippen molar-refractivity contribution in [3.8, 4) is 0 Å². The van der Waals surface area contributed by atoms with Crippen LogP contribution in [0, 0.1) is 12.8 Å². The van der Waals surface area contributed by atoms with Crippen molar-refractivity contribution in [1.82, 2.24) is 4.98 Å². The number of hydrogen-bond acceptors (Lipinski definition) is 5. The number of carbonyl (C=O) groups is 2. The Kier molecular flexibility index (Phi) is 6.17. The number of allylic oxidation sites excluding steroid dienone is 2. The summed E-state index contributed by atoms with van der Waals surface area (Å²) < 4.78 is 5.29. The molecule has 2 aromatic rings. The van der Waals surface area contributed by atoms with E-state index in [0.29, 0.717) is 23.0 Å². The number of ether oxygens (including phenoxy) is 1. The van der Waals surface area contributed by atoms with Crippen molar-refractivity contribution >= 4 is 28.9 Å². The second-order valence-electron chi connectivity index (χ2n) is 6.40. The number of thiazole rings is 1. The Morgan fingerprint density at radius 2 is 2.19 bits per heavy atom. The molecule has 6 heteroatoms. The highest BCUT2D eigenvalue weighted by atomic mass is 32.1. The summed E-state index contributed by atoms with van der Waals surface area (Å²) in [6.07, 6.45) is 6.87. The minimum Gasteiger partial charge on any atom is -0.459 e. The van der Waals surface area contributed by atoms with Crippen LogP contribution in [0.5, 0.6) is 0 Å². The molecule has 1 amide bonds. The van der Waals surface area contributed by atoms with Crippen LogP contribution < -0.4 is 5.32 Å². The Labute approximate surface area is 157 Å². The van der Waals surface area contributed by atoms with Crippen LogP contribution in [0.25, 0.3) is 0 Å². The van der Waals surface area contributed by atoms with Gasteiger partial charge in [0.15, 0.2) is 0 Å². The van der Waals surface area contributed by atoms with E-state index in [9.17, 15) is 9.59 Å². The number of para-hydroxylation sites is 1. The molecule has 26 heavy (non-hydrogen) atoms. The van der Waals surface area contributed by atoms with Gasteiger partial charge >= 0.3 is 5.97 Å². The number of benzene rings is 1. The van der Waals surface area contributed by atoms with Crippen LogP contribution in [-0.2, 0) is 27.4 Å². The summed E-state index contributed by atoms with van der Waals surface area (Å²) in [6, 6.07) is 7.65. The highest BCUT2D eigenvalue weighted by Gasteiger charge is 2.16. The Morgan fingerprint density at radius 1 is 1.35 bits per heavy atom. The van der Waals surface area contributed by atoms with Gasteiger partial charge < -0.3 is 10.1 Å². The number of aryl methyl sites for hydroxylation is 1. The standard InChI is InChI=1S/C20H22N2O3S/c1-14-6-2-5-9-17(14)22-18(23)11-19-21-16(13-26-19)12-25-20(24)10-15-7-3-4-8-15/h2-3,5-7,9,13,15H,4,8,10-12H2,1H3,(H,22,23)/t15-/m0/s1. The van der Waals surface area contributed by atoms with E-state index in [2.05, 4.69) is 22.5 Å². The van der Waals surface area contributed by atoms with E-state index in [1.54, 1.807) is 0 Å². The lowest BCUT2D eigenvalue weighted by atomic mass is 10.1. The van der Waals surface area contributed by atoms with Gasteiger partial charge in [0.2, 0.25) is 5.91 Å². The van der Waals surface area contributed by atoms with Gasteiger partial charge in [-0.15, -0.1) is 11.3 Å². The van der Waals surface area contributed by atoms with Crippen LogP contribution in [-0.4, -0.2) is 16.9 Å². The van der Waals surface area contributed by atoms with Crippen molar-refractivity contribution in [2.75, 3.05) is 5.32 Å². The lowest BCUT2D eigenvalue weighted by molar-refractivity contribution is -0.145. The van der Waals surface area contributed by atoms with Crippen molar-refractivity contribution in [2.45, 2.75) is 39.2 Å². The number of anilines is 1. The number of amides is 1. The van der Waals surface area contributed by atoms with E-state index in [0.717, 1.165) is 24.1 Å². The van der Waals surface area contributed by atoms with Gasteiger partial charge in [0, 0.05) is 11.1 Å². The summed E-state index contributed by atoms with van der Waals surface area (Å²) in [6.45, 7) is 2.11. The second-order valence-corrected chi connectivity index (χ2v) is 7.35. The summed E-state index contributed by atoms with van der Waals surface area (Å²) in [5.74, 6) is -0.00255. The Hall–Kier alpha value is -2.47. The predicted molar refractivity (Wildman–Crippen MR) is 102 cm³/mol. The summed E-state index contributed by atoms with van der Waals surface area (Å²) in [5.41, 5.74) is 2.51. The number of hydrogen-bond donors (Lipinski definition) is 1. The molecule has 1 N–H and O–H groups in total. The van der Waals surface area contributed by atoms with Crippen molar-refractivity contribution in [1.29, 1.82) is 0 Å². The average molecular weight is 370 g/mol. The first kappa shape index (κ1) is 18.3. The predicted octanol–water partition coefficient (Wildman–Crippen LogP) is 4.03. The molecular formula is C20H22N2O3S. The molecule has 0 fully saturated rings. The lowest BCUT2D eigenvalue weighted by Crippen LogP contribution is -2.15. The number of rotatable bonds is 7. The molecule has 1 aromatic heterocycles. The molecule has 1 aromatic carbocycles. The maximum atomic E-state index is 12.2. The molecule has 1 aliphatic rings. The third kappa shape index (κ3) is 5.26. The van der Waals surface area contributed by atoms with Crippen LogP contribution in [0.2, 0.25) is 0 Å². The Balaban J connectivity index is 1.45. The summed E-state index contributed by atoms with van der Waals surface area (Å²) in [7, 11) is 0. The molecule has 5 nitrogen and oxygen atoms in total. The highest BCUT2D eigenvalue weighted by Crippen LogP contribution is 2.21. The van der Waals surface area contributed by atoms with E-state index in [1.165, 1.54) is 11.3 Å². The summed E-state index contributed by atoms with van der Waals surface area (Å²) >= 11 is 1.40. The van der Waals surface area contributed by atoms with E-state index in [1.807, 2.05) is 36.6 Å². The molecule has 1 heterocycles. The minimum absolute atomic E-state index is 0.106. The molecule has 3 rings (SSSR count). The molecule has 1 atom stereocenters. The monoisotopic (exact) mass is 370 g/mol. The third-order valence-corrected chi connectivity index (χ3v) is 5.15. The van der Waals surface area contributed by atoms with Crippen LogP contribution in [0.4, 0.5) is 5.69 Å². The zero-order valence-corrected chi connectivity index (χ0v) is 15.6. The highest BCUT2D eigenvalue weighted by molar-refractivity contribution is 7.09. The van der Waals surface area contributed by atoms with Gasteiger partial charge in [-0.1, -0.05) is 30.4 Å². The molecule has 0 saturated heterocycles. The molecule has 0 unspecified atom stereocenters. The SMILES string of the molecule is Cc1ccccc1NC(=O)Cc1nc(COC(=O)C[C@H]2C=CCC2)cs1. The van der Waals surface area contributed by atoms with Gasteiger partial charge in [0.1, 0.15) is 11.6 Å². The van der Waals surface area contributed by atoms with Crippen molar-refractivity contribution < 1.29 is 14.3 Å². The number of aromatic nitrogens is 1. The Bertz CT molecular complexity index is 813. The number of nitrogens with one attached hydrogen (secondary N) is 1. The first-order valence-electron chi connectivity index (χ1n) is 8.71. The van der Waals surface area contributed by atoms with Crippen molar-refractivity contribution in [2.24, 2.45) is 5.92 Å². The lowest BCUT2D eigenvalue weighted by Gasteiger charge is -2.07. The fourth-order valence-electron chi connectivity index (χ4n) is 2.83. The van der Waals surface area contributed by atoms with Gasteiger partial charge in [0.05, 0.1) is 18.5 Å². The molecule has 0 spiro atoms. The Morgan fingerprint density at radius 3 is 2.96 bits per heavy atom. The second kappa shape index (κ2) is 8.76. The van der Waals surface area contributed by atoms with Crippen LogP contribution in [0.1, 0.15) is 35.5 Å². The fraction of sp³-hybridized carbons (Fsp3) is 0.350. The van der Waals surface area contributed by atoms with Gasteiger partial charge in [-0.05, 0) is 37.3 Å². The summed E-state index contributed by atoms with van der Waals surface area (Å²) in [5, 5.41) is 5.44. The topological polar surface area (TPSA) is 68.3 Å². The quantitative estimate of drug-likeness (QED) is 0.590. The van der Waals surface area contributed by atoms with Gasteiger partial charge in [0.25, 0.3) is 0 Å². The van der Waals surface area contributed by atoms with Crippen molar-refractivity contribution in [3.63, 3.8) is 0 Å². The van der Waals surface area contributed by atoms with Crippen LogP contribution >= 0.6 is 11.3 Å². The molecular weight excluding hydrogens is 348 g/mol.